The molecule has 5 rings (SSSR count). The van der Waals surface area contributed by atoms with Gasteiger partial charge in [0, 0.05) is 16.5 Å². The number of ketones is 1. The molecule has 182 valence electrons. The summed E-state index contributed by atoms with van der Waals surface area (Å²) in [5.74, 6) is -2.42. The van der Waals surface area contributed by atoms with Gasteiger partial charge in [-0.15, -0.1) is 0 Å². The fourth-order valence-electron chi connectivity index (χ4n) is 4.37. The molecule has 0 aliphatic carbocycles. The minimum Gasteiger partial charge on any atom is -0.508 e. The van der Waals surface area contributed by atoms with Crippen molar-refractivity contribution in [2.75, 3.05) is 12.0 Å². The lowest BCUT2D eigenvalue weighted by molar-refractivity contribution is -0.117. The molecule has 8 nitrogen and oxygen atoms in total. The Morgan fingerprint density at radius 3 is 2.44 bits per heavy atom. The Kier molecular flexibility index (Phi) is 5.61. The van der Waals surface area contributed by atoms with Crippen molar-refractivity contribution in [3.63, 3.8) is 0 Å². The fraction of sp³-hybridized carbons (Fsp3) is 0.111. The maximum atomic E-state index is 13.8. The number of Topliss-reactive ketones (excluding diaryl/α,β-unsaturated/α-hetero) is 1. The van der Waals surface area contributed by atoms with Gasteiger partial charge in [-0.2, -0.15) is 0 Å². The van der Waals surface area contributed by atoms with Gasteiger partial charge in [0.05, 0.1) is 24.4 Å². The van der Waals surface area contributed by atoms with E-state index >= 15 is 0 Å². The Bertz CT molecular complexity index is 1570. The lowest BCUT2D eigenvalue weighted by Crippen LogP contribution is -2.31. The highest BCUT2D eigenvalue weighted by atomic mass is 35.5. The Balaban J connectivity index is 1.69. The molecule has 1 unspecified atom stereocenters. The molecule has 9 heteroatoms. The van der Waals surface area contributed by atoms with Crippen LogP contribution in [0.1, 0.15) is 27.7 Å². The third-order valence-electron chi connectivity index (χ3n) is 6.04. The normalized spacial score (nSPS) is 15.7. The number of carbonyl (C=O) groups excluding carboxylic acids is 2. The molecule has 3 aromatic carbocycles. The van der Waals surface area contributed by atoms with E-state index in [2.05, 4.69) is 0 Å². The average molecular weight is 506 g/mol. The van der Waals surface area contributed by atoms with E-state index in [4.69, 9.17) is 20.8 Å². The van der Waals surface area contributed by atoms with Crippen molar-refractivity contribution >= 4 is 39.9 Å². The molecule has 0 spiro atoms. The zero-order chi connectivity index (χ0) is 25.7. The number of furan rings is 1. The SMILES string of the molecule is COc1cc(Cl)cc2cc(C(=O)C3=C(O)C(=O)N(c4cc(C)ccc4O)C3c3ccc(O)cc3)oc12. The molecule has 0 bridgehead atoms. The van der Waals surface area contributed by atoms with Gasteiger partial charge in [-0.05, 0) is 54.4 Å². The van der Waals surface area contributed by atoms with E-state index in [1.807, 2.05) is 0 Å². The number of benzene rings is 3. The smallest absolute Gasteiger partial charge is 0.294 e. The van der Waals surface area contributed by atoms with Crippen molar-refractivity contribution in [1.29, 1.82) is 0 Å². The zero-order valence-corrected chi connectivity index (χ0v) is 19.9. The van der Waals surface area contributed by atoms with Gasteiger partial charge in [0.2, 0.25) is 5.78 Å². The maximum absolute atomic E-state index is 13.8. The Morgan fingerprint density at radius 1 is 1.03 bits per heavy atom. The van der Waals surface area contributed by atoms with E-state index in [1.54, 1.807) is 31.2 Å². The third kappa shape index (κ3) is 3.72. The first-order valence-corrected chi connectivity index (χ1v) is 11.2. The third-order valence-corrected chi connectivity index (χ3v) is 6.26. The van der Waals surface area contributed by atoms with Crippen molar-refractivity contribution in [3.8, 4) is 17.2 Å². The molecule has 2 heterocycles. The number of methoxy groups -OCH3 is 1. The summed E-state index contributed by atoms with van der Waals surface area (Å²) in [7, 11) is 1.44. The predicted octanol–water partition coefficient (Wildman–Crippen LogP) is 5.60. The lowest BCUT2D eigenvalue weighted by Gasteiger charge is -2.27. The van der Waals surface area contributed by atoms with Crippen LogP contribution in [0.15, 0.2) is 76.4 Å². The van der Waals surface area contributed by atoms with Gasteiger partial charge in [0.1, 0.15) is 11.5 Å². The van der Waals surface area contributed by atoms with Crippen LogP contribution in [-0.4, -0.2) is 34.1 Å². The van der Waals surface area contributed by atoms with Crippen molar-refractivity contribution in [2.45, 2.75) is 13.0 Å². The van der Waals surface area contributed by atoms with Crippen LogP contribution in [0.3, 0.4) is 0 Å². The number of phenolic OH excluding ortho intramolecular Hbond substituents is 2. The van der Waals surface area contributed by atoms with Crippen molar-refractivity contribution in [1.82, 2.24) is 0 Å². The van der Waals surface area contributed by atoms with Gasteiger partial charge < -0.3 is 24.5 Å². The summed E-state index contributed by atoms with van der Waals surface area (Å²) in [6.07, 6.45) is 0. The molecule has 0 fully saturated rings. The highest BCUT2D eigenvalue weighted by Crippen LogP contribution is 2.45. The van der Waals surface area contributed by atoms with E-state index in [-0.39, 0.29) is 34.1 Å². The van der Waals surface area contributed by atoms with Crippen LogP contribution in [0.2, 0.25) is 5.02 Å². The molecular weight excluding hydrogens is 486 g/mol. The van der Waals surface area contributed by atoms with E-state index in [0.717, 1.165) is 10.5 Å². The number of anilines is 1. The summed E-state index contributed by atoms with van der Waals surface area (Å²) in [6, 6.07) is 14.0. The van der Waals surface area contributed by atoms with Crippen LogP contribution >= 0.6 is 11.6 Å². The highest BCUT2D eigenvalue weighted by Gasteiger charge is 2.46. The van der Waals surface area contributed by atoms with Crippen LogP contribution in [0.5, 0.6) is 17.2 Å². The number of nitrogens with zero attached hydrogens (tertiary/aromatic N) is 1. The standard InChI is InChI=1S/C27H20ClNO7/c1-13-3-8-19(31)18(9-13)29-23(14-4-6-17(30)7-5-14)22(25(33)27(29)34)24(32)20-11-15-10-16(28)12-21(35-2)26(15)36-20/h3-12,23,30-31,33H,1-2H3. The van der Waals surface area contributed by atoms with Gasteiger partial charge in [-0.25, -0.2) is 0 Å². The van der Waals surface area contributed by atoms with Crippen molar-refractivity contribution < 1.29 is 34.1 Å². The molecule has 3 N–H and O–H groups in total. The first-order chi connectivity index (χ1) is 17.2. The van der Waals surface area contributed by atoms with E-state index in [0.29, 0.717) is 21.7 Å². The van der Waals surface area contributed by atoms with Gasteiger partial charge in [0.15, 0.2) is 22.9 Å². The number of phenols is 2. The summed E-state index contributed by atoms with van der Waals surface area (Å²) in [6.45, 7) is 1.78. The number of hydrogen-bond acceptors (Lipinski definition) is 7. The van der Waals surface area contributed by atoms with Crippen LogP contribution < -0.4 is 9.64 Å². The lowest BCUT2D eigenvalue weighted by atomic mass is 9.94. The number of ether oxygens (including phenoxy) is 1. The topological polar surface area (TPSA) is 120 Å². The summed E-state index contributed by atoms with van der Waals surface area (Å²) in [5, 5.41) is 32.2. The number of fused-ring (bicyclic) bond motifs is 1. The second-order valence-electron chi connectivity index (χ2n) is 8.39. The molecule has 4 aromatic rings. The van der Waals surface area contributed by atoms with Gasteiger partial charge in [-0.1, -0.05) is 29.8 Å². The molecule has 36 heavy (non-hydrogen) atoms. The summed E-state index contributed by atoms with van der Waals surface area (Å²) >= 11 is 6.14. The number of aliphatic hydroxyl groups is 1. The number of hydrogen-bond donors (Lipinski definition) is 3. The summed E-state index contributed by atoms with van der Waals surface area (Å²) < 4.78 is 11.1. The average Bonchev–Trinajstić information content (AvgIpc) is 3.39. The van der Waals surface area contributed by atoms with E-state index < -0.39 is 23.5 Å². The molecular formula is C27H20ClNO7. The number of amides is 1. The fourth-order valence-corrected chi connectivity index (χ4v) is 4.58. The minimum absolute atomic E-state index is 0.0182. The largest absolute Gasteiger partial charge is 0.508 e. The predicted molar refractivity (Wildman–Crippen MR) is 133 cm³/mol. The van der Waals surface area contributed by atoms with Gasteiger partial charge in [0.25, 0.3) is 5.91 Å². The first-order valence-electron chi connectivity index (χ1n) is 10.9. The molecule has 0 radical (unpaired) electrons. The molecule has 0 saturated heterocycles. The molecule has 1 aliphatic rings. The zero-order valence-electron chi connectivity index (χ0n) is 19.2. The van der Waals surface area contributed by atoms with E-state index in [1.165, 1.54) is 43.5 Å². The highest BCUT2D eigenvalue weighted by molar-refractivity contribution is 6.31. The van der Waals surface area contributed by atoms with Crippen LogP contribution in [-0.2, 0) is 4.79 Å². The first kappa shape index (κ1) is 23.3. The molecule has 1 aromatic heterocycles. The second-order valence-corrected chi connectivity index (χ2v) is 8.83. The Hall–Kier alpha value is -4.43. The summed E-state index contributed by atoms with van der Waals surface area (Å²) in [5.41, 5.74) is 1.33. The number of halogens is 1. The minimum atomic E-state index is -1.11. The van der Waals surface area contributed by atoms with Gasteiger partial charge >= 0.3 is 0 Å². The Labute approximate surface area is 210 Å². The molecule has 1 atom stereocenters. The van der Waals surface area contributed by atoms with Crippen LogP contribution in [0, 0.1) is 6.92 Å². The van der Waals surface area contributed by atoms with Crippen LogP contribution in [0.25, 0.3) is 11.0 Å². The second kappa shape index (κ2) is 8.66. The van der Waals surface area contributed by atoms with E-state index in [9.17, 15) is 24.9 Å². The maximum Gasteiger partial charge on any atom is 0.294 e. The number of aromatic hydroxyl groups is 2. The monoisotopic (exact) mass is 505 g/mol. The Morgan fingerprint density at radius 2 is 1.75 bits per heavy atom. The van der Waals surface area contributed by atoms with Crippen molar-refractivity contribution in [3.05, 3.63) is 93.9 Å². The number of rotatable bonds is 5. The molecule has 1 amide bonds. The molecule has 0 saturated carbocycles. The van der Waals surface area contributed by atoms with Gasteiger partial charge in [-0.3, -0.25) is 14.5 Å². The quantitative estimate of drug-likeness (QED) is 0.302. The number of aryl methyl sites for hydroxylation is 1. The number of aliphatic hydroxyl groups excluding tert-OH is 1. The molecule has 1 aliphatic heterocycles. The van der Waals surface area contributed by atoms with Crippen molar-refractivity contribution in [2.24, 2.45) is 0 Å². The van der Waals surface area contributed by atoms with Crippen LogP contribution in [0.4, 0.5) is 5.69 Å². The summed E-state index contributed by atoms with van der Waals surface area (Å²) in [4.78, 5) is 28.2. The number of carbonyl (C=O) groups is 2.